The van der Waals surface area contributed by atoms with Crippen LogP contribution in [-0.4, -0.2) is 46.0 Å². The third-order valence-corrected chi connectivity index (χ3v) is 4.77. The van der Waals surface area contributed by atoms with E-state index < -0.39 is 0 Å². The number of rotatable bonds is 7. The molecule has 1 aromatic heterocycles. The molecule has 1 atom stereocenters. The minimum atomic E-state index is 0.263. The highest BCUT2D eigenvalue weighted by atomic mass is 32.1. The third kappa shape index (κ3) is 3.23. The van der Waals surface area contributed by atoms with Crippen molar-refractivity contribution in [3.05, 3.63) is 0 Å². The molecular formula is C14H23N3O2S. The number of piperidine rings is 3. The zero-order valence-corrected chi connectivity index (χ0v) is 12.9. The summed E-state index contributed by atoms with van der Waals surface area (Å²) in [5.74, 6) is 1.86. The molecule has 0 N–H and O–H groups in total. The van der Waals surface area contributed by atoms with Crippen LogP contribution in [0.2, 0.25) is 0 Å². The zero-order chi connectivity index (χ0) is 13.8. The van der Waals surface area contributed by atoms with Crippen LogP contribution >= 0.6 is 11.7 Å². The maximum absolute atomic E-state index is 6.09. The van der Waals surface area contributed by atoms with E-state index in [0.29, 0.717) is 24.3 Å². The van der Waals surface area contributed by atoms with Crippen molar-refractivity contribution in [3.63, 3.8) is 0 Å². The number of unbranched alkanes of at least 4 members (excludes halogenated alkanes) is 2. The van der Waals surface area contributed by atoms with E-state index in [4.69, 9.17) is 9.47 Å². The van der Waals surface area contributed by atoms with Crippen LogP contribution in [0.4, 0.5) is 0 Å². The Balaban J connectivity index is 1.54. The van der Waals surface area contributed by atoms with Gasteiger partial charge in [0, 0.05) is 6.54 Å². The number of hydrogen-bond acceptors (Lipinski definition) is 6. The predicted octanol–water partition coefficient (Wildman–Crippen LogP) is 2.58. The number of fused-ring (bicyclic) bond motifs is 3. The van der Waals surface area contributed by atoms with Gasteiger partial charge in [0.05, 0.1) is 18.3 Å². The summed E-state index contributed by atoms with van der Waals surface area (Å²) in [6.07, 6.45) is 6.20. The number of hydrogen-bond donors (Lipinski definition) is 0. The molecule has 0 radical (unpaired) electrons. The Bertz CT molecular complexity index is 418. The molecule has 6 heteroatoms. The van der Waals surface area contributed by atoms with Crippen LogP contribution in [0.5, 0.6) is 11.8 Å². The monoisotopic (exact) mass is 297 g/mol. The highest BCUT2D eigenvalue weighted by Gasteiger charge is 2.36. The summed E-state index contributed by atoms with van der Waals surface area (Å²) in [4.78, 5) is 2.48. The lowest BCUT2D eigenvalue weighted by molar-refractivity contribution is -0.0110. The fraction of sp³-hybridized carbons (Fsp3) is 0.857. The van der Waals surface area contributed by atoms with Gasteiger partial charge < -0.3 is 9.47 Å². The van der Waals surface area contributed by atoms with Crippen molar-refractivity contribution >= 4 is 11.7 Å². The van der Waals surface area contributed by atoms with Gasteiger partial charge in [0.2, 0.25) is 0 Å². The van der Waals surface area contributed by atoms with Crippen LogP contribution in [-0.2, 0) is 0 Å². The lowest BCUT2D eigenvalue weighted by Gasteiger charge is -2.43. The summed E-state index contributed by atoms with van der Waals surface area (Å²) in [6.45, 7) is 6.36. The van der Waals surface area contributed by atoms with Gasteiger partial charge in [-0.05, 0) is 38.3 Å². The minimum Gasteiger partial charge on any atom is -0.473 e. The standard InChI is InChI=1S/C14H23N3O2S/c1-2-3-4-9-18-13-14(16-20-15-13)19-12-10-17-7-5-11(12)6-8-17/h11-12H,2-10H2,1H3/t12-/m1/s1. The van der Waals surface area contributed by atoms with Crippen molar-refractivity contribution in [3.8, 4) is 11.8 Å². The summed E-state index contributed by atoms with van der Waals surface area (Å²) in [5.41, 5.74) is 0. The molecule has 0 spiro atoms. The highest BCUT2D eigenvalue weighted by Crippen LogP contribution is 2.33. The fourth-order valence-electron chi connectivity index (χ4n) is 3.04. The Morgan fingerprint density at radius 3 is 2.70 bits per heavy atom. The smallest absolute Gasteiger partial charge is 0.291 e. The van der Waals surface area contributed by atoms with Crippen molar-refractivity contribution in [1.82, 2.24) is 13.6 Å². The molecule has 4 rings (SSSR count). The van der Waals surface area contributed by atoms with E-state index in [9.17, 15) is 0 Å². The Morgan fingerprint density at radius 2 is 2.00 bits per heavy atom. The molecule has 112 valence electrons. The molecule has 5 nitrogen and oxygen atoms in total. The second kappa shape index (κ2) is 6.72. The summed E-state index contributed by atoms with van der Waals surface area (Å²) >= 11 is 1.18. The normalized spacial score (nSPS) is 28.6. The molecule has 3 aliphatic rings. The van der Waals surface area contributed by atoms with Gasteiger partial charge in [-0.1, -0.05) is 19.8 Å². The molecule has 3 aliphatic heterocycles. The van der Waals surface area contributed by atoms with Gasteiger partial charge in [0.25, 0.3) is 11.8 Å². The molecule has 0 amide bonds. The molecule has 20 heavy (non-hydrogen) atoms. The topological polar surface area (TPSA) is 47.5 Å². The third-order valence-electron chi connectivity index (χ3n) is 4.28. The molecule has 1 aromatic rings. The Labute approximate surface area is 124 Å². The number of ether oxygens (including phenoxy) is 2. The van der Waals surface area contributed by atoms with E-state index in [1.54, 1.807) is 0 Å². The van der Waals surface area contributed by atoms with Gasteiger partial charge >= 0.3 is 0 Å². The van der Waals surface area contributed by atoms with E-state index in [1.807, 2.05) is 0 Å². The van der Waals surface area contributed by atoms with Gasteiger partial charge in [0.1, 0.15) is 6.10 Å². The first-order chi connectivity index (χ1) is 9.86. The lowest BCUT2D eigenvalue weighted by atomic mass is 9.86. The van der Waals surface area contributed by atoms with Gasteiger partial charge in [-0.3, -0.25) is 4.90 Å². The molecule has 0 unspecified atom stereocenters. The first-order valence-electron chi connectivity index (χ1n) is 7.71. The fourth-order valence-corrected chi connectivity index (χ4v) is 3.48. The maximum Gasteiger partial charge on any atom is 0.291 e. The Hall–Kier alpha value is -0.880. The summed E-state index contributed by atoms with van der Waals surface area (Å²) in [6, 6.07) is 0. The largest absolute Gasteiger partial charge is 0.473 e. The molecule has 0 aliphatic carbocycles. The molecule has 3 fully saturated rings. The van der Waals surface area contributed by atoms with E-state index in [0.717, 1.165) is 13.0 Å². The molecule has 0 saturated carbocycles. The van der Waals surface area contributed by atoms with Gasteiger partial charge in [-0.25, -0.2) is 0 Å². The number of nitrogens with zero attached hydrogens (tertiary/aromatic N) is 3. The van der Waals surface area contributed by atoms with Crippen LogP contribution in [0.25, 0.3) is 0 Å². The average Bonchev–Trinajstić information content (AvgIpc) is 2.92. The van der Waals surface area contributed by atoms with Gasteiger partial charge in [-0.15, -0.1) is 8.75 Å². The summed E-state index contributed by atoms with van der Waals surface area (Å²) in [5, 5.41) is 0. The SMILES string of the molecule is CCCCCOc1nsnc1O[C@@H]1CN2CCC1CC2. The molecule has 4 heterocycles. The van der Waals surface area contributed by atoms with Crippen LogP contribution < -0.4 is 9.47 Å². The van der Waals surface area contributed by atoms with Crippen molar-refractivity contribution in [2.24, 2.45) is 5.92 Å². The summed E-state index contributed by atoms with van der Waals surface area (Å²) in [7, 11) is 0. The van der Waals surface area contributed by atoms with Gasteiger partial charge in [-0.2, -0.15) is 0 Å². The lowest BCUT2D eigenvalue weighted by Crippen LogP contribution is -2.52. The van der Waals surface area contributed by atoms with E-state index >= 15 is 0 Å². The van der Waals surface area contributed by atoms with Crippen molar-refractivity contribution < 1.29 is 9.47 Å². The van der Waals surface area contributed by atoms with E-state index in [1.165, 1.54) is 50.5 Å². The van der Waals surface area contributed by atoms with Gasteiger partial charge in [0.15, 0.2) is 0 Å². The second-order valence-electron chi connectivity index (χ2n) is 5.72. The van der Waals surface area contributed by atoms with Crippen LogP contribution in [0, 0.1) is 5.92 Å². The Kier molecular flexibility index (Phi) is 4.73. The molecule has 2 bridgehead atoms. The average molecular weight is 297 g/mol. The van der Waals surface area contributed by atoms with E-state index in [-0.39, 0.29) is 6.10 Å². The Morgan fingerprint density at radius 1 is 1.20 bits per heavy atom. The first kappa shape index (κ1) is 14.1. The predicted molar refractivity (Wildman–Crippen MR) is 78.5 cm³/mol. The van der Waals surface area contributed by atoms with Crippen LogP contribution in [0.3, 0.4) is 0 Å². The van der Waals surface area contributed by atoms with E-state index in [2.05, 4.69) is 20.6 Å². The molecular weight excluding hydrogens is 274 g/mol. The second-order valence-corrected chi connectivity index (χ2v) is 6.25. The van der Waals surface area contributed by atoms with Crippen LogP contribution in [0.15, 0.2) is 0 Å². The van der Waals surface area contributed by atoms with Crippen LogP contribution in [0.1, 0.15) is 39.0 Å². The van der Waals surface area contributed by atoms with Crippen molar-refractivity contribution in [2.45, 2.75) is 45.1 Å². The molecule has 3 saturated heterocycles. The van der Waals surface area contributed by atoms with Crippen molar-refractivity contribution in [1.29, 1.82) is 0 Å². The number of aromatic nitrogens is 2. The molecule has 0 aromatic carbocycles. The van der Waals surface area contributed by atoms with Crippen molar-refractivity contribution in [2.75, 3.05) is 26.2 Å². The minimum absolute atomic E-state index is 0.263. The first-order valence-corrected chi connectivity index (χ1v) is 8.44. The zero-order valence-electron chi connectivity index (χ0n) is 12.1. The quantitative estimate of drug-likeness (QED) is 0.724. The maximum atomic E-state index is 6.09. The summed E-state index contributed by atoms with van der Waals surface area (Å²) < 4.78 is 20.3. The highest BCUT2D eigenvalue weighted by molar-refractivity contribution is 6.99.